The van der Waals surface area contributed by atoms with Gasteiger partial charge in [0, 0.05) is 29.5 Å². The van der Waals surface area contributed by atoms with E-state index in [2.05, 4.69) is 16.2 Å². The second-order valence-corrected chi connectivity index (χ2v) is 7.46. The van der Waals surface area contributed by atoms with E-state index in [0.29, 0.717) is 5.65 Å². The molecular weight excluding hydrogens is 390 g/mol. The van der Waals surface area contributed by atoms with Crippen LogP contribution in [0.5, 0.6) is 0 Å². The highest BCUT2D eigenvalue weighted by Gasteiger charge is 2.25. The van der Waals surface area contributed by atoms with Crippen LogP contribution in [0.1, 0.15) is 36.9 Å². The minimum absolute atomic E-state index is 0.131. The molecule has 0 aliphatic carbocycles. The van der Waals surface area contributed by atoms with Gasteiger partial charge in [-0.15, -0.1) is 0 Å². The molecule has 0 amide bonds. The van der Waals surface area contributed by atoms with Crippen molar-refractivity contribution in [2.24, 2.45) is 0 Å². The van der Waals surface area contributed by atoms with Crippen LogP contribution in [0.4, 0.5) is 0 Å². The number of nitriles is 1. The number of aryl methyl sites for hydroxylation is 1. The zero-order valence-corrected chi connectivity index (χ0v) is 17.1. The van der Waals surface area contributed by atoms with E-state index in [0.717, 1.165) is 59.8 Å². The summed E-state index contributed by atoms with van der Waals surface area (Å²) >= 11 is 0. The van der Waals surface area contributed by atoms with E-state index in [1.165, 1.54) is 12.4 Å². The van der Waals surface area contributed by atoms with Gasteiger partial charge in [0.05, 0.1) is 29.3 Å². The molecule has 5 heterocycles. The van der Waals surface area contributed by atoms with E-state index in [4.69, 9.17) is 20.1 Å². The minimum atomic E-state index is -0.131. The number of hydrogen-bond donors (Lipinski definition) is 0. The van der Waals surface area contributed by atoms with Gasteiger partial charge in [0.1, 0.15) is 6.33 Å². The van der Waals surface area contributed by atoms with E-state index in [1.807, 2.05) is 48.1 Å². The van der Waals surface area contributed by atoms with E-state index >= 15 is 0 Å². The van der Waals surface area contributed by atoms with Crippen LogP contribution >= 0.6 is 0 Å². The lowest BCUT2D eigenvalue weighted by atomic mass is 10.0. The Hall–Kier alpha value is -3.83. The Morgan fingerprint density at radius 2 is 2.10 bits per heavy atom. The molecule has 8 heteroatoms. The maximum absolute atomic E-state index is 9.12. The molecule has 8 nitrogen and oxygen atoms in total. The van der Waals surface area contributed by atoms with Gasteiger partial charge in [0.2, 0.25) is 0 Å². The number of hydrogen-bond acceptors (Lipinski definition) is 6. The first-order valence-electron chi connectivity index (χ1n) is 10.3. The molecule has 0 radical (unpaired) electrons. The topological polar surface area (TPSA) is 93.9 Å². The number of ether oxygens (including phenoxy) is 1. The SMILES string of the molecule is Cc1cccc(-c2c(-c3ccc4ncnn4c3/C=C/C#N)cnn2C2CCCCO2)n1. The van der Waals surface area contributed by atoms with Crippen LogP contribution in [0.15, 0.2) is 48.9 Å². The van der Waals surface area contributed by atoms with Crippen molar-refractivity contribution in [1.29, 1.82) is 5.26 Å². The molecule has 1 fully saturated rings. The minimum Gasteiger partial charge on any atom is -0.356 e. The Labute approximate surface area is 179 Å². The maximum atomic E-state index is 9.12. The molecule has 0 N–H and O–H groups in total. The standard InChI is InChI=1S/C23H21N7O/c1-16-6-4-7-19(28-16)23-18(14-26-30(23)22-9-2-3-13-31-22)17-10-11-21-25-15-27-29(21)20(17)8-5-12-24/h4-8,10-11,14-15,22H,2-3,9,13H2,1H3/b8-5+. The van der Waals surface area contributed by atoms with Gasteiger partial charge in [0.25, 0.3) is 0 Å². The highest BCUT2D eigenvalue weighted by molar-refractivity contribution is 5.84. The lowest BCUT2D eigenvalue weighted by Crippen LogP contribution is -2.20. The molecule has 0 aromatic carbocycles. The Morgan fingerprint density at radius 3 is 2.90 bits per heavy atom. The number of fused-ring (bicyclic) bond motifs is 1. The summed E-state index contributed by atoms with van der Waals surface area (Å²) in [6.45, 7) is 2.70. The van der Waals surface area contributed by atoms with Crippen LogP contribution in [-0.4, -0.2) is 36.0 Å². The fourth-order valence-corrected chi connectivity index (χ4v) is 4.04. The summed E-state index contributed by atoms with van der Waals surface area (Å²) in [7, 11) is 0. The Kier molecular flexibility index (Phi) is 5.02. The third-order valence-corrected chi connectivity index (χ3v) is 5.44. The molecule has 154 valence electrons. The van der Waals surface area contributed by atoms with Gasteiger partial charge >= 0.3 is 0 Å². The van der Waals surface area contributed by atoms with E-state index in [-0.39, 0.29) is 6.23 Å². The molecule has 1 aliphatic heterocycles. The van der Waals surface area contributed by atoms with Gasteiger partial charge in [0.15, 0.2) is 11.9 Å². The van der Waals surface area contributed by atoms with Crippen molar-refractivity contribution in [3.8, 4) is 28.6 Å². The fourth-order valence-electron chi connectivity index (χ4n) is 4.04. The Bertz CT molecular complexity index is 1310. The summed E-state index contributed by atoms with van der Waals surface area (Å²) in [5.41, 5.74) is 5.91. The van der Waals surface area contributed by atoms with Crippen molar-refractivity contribution < 1.29 is 4.74 Å². The smallest absolute Gasteiger partial charge is 0.155 e. The molecule has 0 spiro atoms. The van der Waals surface area contributed by atoms with Gasteiger partial charge in [-0.3, -0.25) is 4.98 Å². The Balaban J connectivity index is 1.76. The van der Waals surface area contributed by atoms with Gasteiger partial charge in [-0.05, 0) is 56.5 Å². The van der Waals surface area contributed by atoms with E-state index in [1.54, 1.807) is 10.6 Å². The van der Waals surface area contributed by atoms with Crippen molar-refractivity contribution in [2.45, 2.75) is 32.4 Å². The van der Waals surface area contributed by atoms with Crippen LogP contribution in [0, 0.1) is 18.3 Å². The summed E-state index contributed by atoms with van der Waals surface area (Å²) in [5, 5.41) is 18.2. The maximum Gasteiger partial charge on any atom is 0.155 e. The van der Waals surface area contributed by atoms with E-state index < -0.39 is 0 Å². The second-order valence-electron chi connectivity index (χ2n) is 7.46. The molecule has 31 heavy (non-hydrogen) atoms. The zero-order chi connectivity index (χ0) is 21.2. The lowest BCUT2D eigenvalue weighted by Gasteiger charge is -2.25. The molecule has 1 unspecified atom stereocenters. The summed E-state index contributed by atoms with van der Waals surface area (Å²) < 4.78 is 9.72. The van der Waals surface area contributed by atoms with Crippen molar-refractivity contribution >= 4 is 11.7 Å². The van der Waals surface area contributed by atoms with Gasteiger partial charge in [-0.2, -0.15) is 15.5 Å². The fraction of sp³-hybridized carbons (Fsp3) is 0.261. The monoisotopic (exact) mass is 411 g/mol. The highest BCUT2D eigenvalue weighted by atomic mass is 16.5. The first-order chi connectivity index (χ1) is 15.3. The third-order valence-electron chi connectivity index (χ3n) is 5.44. The van der Waals surface area contributed by atoms with Crippen molar-refractivity contribution in [2.75, 3.05) is 6.61 Å². The molecule has 4 aromatic heterocycles. The Morgan fingerprint density at radius 1 is 1.16 bits per heavy atom. The van der Waals surface area contributed by atoms with E-state index in [9.17, 15) is 0 Å². The number of pyridine rings is 2. The first-order valence-corrected chi connectivity index (χ1v) is 10.3. The second kappa shape index (κ2) is 8.13. The lowest BCUT2D eigenvalue weighted by molar-refractivity contribution is -0.0383. The summed E-state index contributed by atoms with van der Waals surface area (Å²) in [4.78, 5) is 9.05. The molecule has 0 saturated carbocycles. The van der Waals surface area contributed by atoms with Crippen LogP contribution in [-0.2, 0) is 4.74 Å². The summed E-state index contributed by atoms with van der Waals surface area (Å²) in [5.74, 6) is 0. The van der Waals surface area contributed by atoms with Gasteiger partial charge < -0.3 is 4.74 Å². The van der Waals surface area contributed by atoms with Crippen LogP contribution in [0.2, 0.25) is 0 Å². The van der Waals surface area contributed by atoms with Crippen LogP contribution in [0.3, 0.4) is 0 Å². The predicted molar refractivity (Wildman–Crippen MR) is 116 cm³/mol. The van der Waals surface area contributed by atoms with Gasteiger partial charge in [-0.25, -0.2) is 14.2 Å². The quantitative estimate of drug-likeness (QED) is 0.467. The molecule has 5 rings (SSSR count). The first kappa shape index (κ1) is 19.2. The van der Waals surface area contributed by atoms with Crippen LogP contribution in [0.25, 0.3) is 34.2 Å². The van der Waals surface area contributed by atoms with Crippen molar-refractivity contribution in [3.63, 3.8) is 0 Å². The number of allylic oxidation sites excluding steroid dienone is 1. The molecule has 4 aromatic rings. The molecule has 0 bridgehead atoms. The molecule has 1 saturated heterocycles. The number of aromatic nitrogens is 6. The van der Waals surface area contributed by atoms with Crippen molar-refractivity contribution in [1.82, 2.24) is 29.4 Å². The van der Waals surface area contributed by atoms with Crippen molar-refractivity contribution in [3.05, 3.63) is 60.3 Å². The average molecular weight is 411 g/mol. The molecule has 1 atom stereocenters. The normalized spacial score (nSPS) is 16.7. The molecule has 1 aliphatic rings. The van der Waals surface area contributed by atoms with Crippen LogP contribution < -0.4 is 0 Å². The van der Waals surface area contributed by atoms with Gasteiger partial charge in [-0.1, -0.05) is 6.07 Å². The number of nitrogens with zero attached hydrogens (tertiary/aromatic N) is 7. The third kappa shape index (κ3) is 3.49. The predicted octanol–water partition coefficient (Wildman–Crippen LogP) is 4.20. The average Bonchev–Trinajstić information content (AvgIpc) is 3.45. The number of rotatable bonds is 4. The largest absolute Gasteiger partial charge is 0.356 e. The zero-order valence-electron chi connectivity index (χ0n) is 17.1. The summed E-state index contributed by atoms with van der Waals surface area (Å²) in [6.07, 6.45) is 9.48. The highest BCUT2D eigenvalue weighted by Crippen LogP contribution is 2.37. The molecular formula is C23H21N7O. The summed E-state index contributed by atoms with van der Waals surface area (Å²) in [6, 6.07) is 11.9.